The monoisotopic (exact) mass is 539 g/mol. The highest BCUT2D eigenvalue weighted by Crippen LogP contribution is 2.43. The van der Waals surface area contributed by atoms with Gasteiger partial charge in [-0.15, -0.1) is 0 Å². The predicted octanol–water partition coefficient (Wildman–Crippen LogP) is 4.20. The Morgan fingerprint density at radius 3 is 2.57 bits per heavy atom. The molecule has 8 nitrogen and oxygen atoms in total. The van der Waals surface area contributed by atoms with E-state index in [1.54, 1.807) is 11.1 Å². The van der Waals surface area contributed by atoms with Gasteiger partial charge in [0.15, 0.2) is 5.79 Å². The molecule has 2 aromatic carbocycles. The molecule has 9 heteroatoms. The molecule has 1 aromatic heterocycles. The quantitative estimate of drug-likeness (QED) is 0.471. The molecule has 182 valence electrons. The van der Waals surface area contributed by atoms with Gasteiger partial charge in [-0.1, -0.05) is 58.4 Å². The normalized spacial score (nSPS) is 19.7. The van der Waals surface area contributed by atoms with Crippen molar-refractivity contribution in [3.8, 4) is 11.3 Å². The molecular weight excluding hydrogens is 514 g/mol. The molecule has 3 aromatic rings. The largest absolute Gasteiger partial charge is 0.469 e. The van der Waals surface area contributed by atoms with Gasteiger partial charge in [-0.2, -0.15) is 0 Å². The number of esters is 1. The van der Waals surface area contributed by atoms with Crippen LogP contribution in [0.1, 0.15) is 36.2 Å². The van der Waals surface area contributed by atoms with Crippen molar-refractivity contribution >= 4 is 27.8 Å². The van der Waals surface area contributed by atoms with Gasteiger partial charge in [-0.25, -0.2) is 4.98 Å². The number of amides is 1. The third-order valence-electron chi connectivity index (χ3n) is 6.55. The number of carbonyl (C=O) groups excluding carboxylic acids is 2. The van der Waals surface area contributed by atoms with E-state index in [1.807, 2.05) is 54.6 Å². The summed E-state index contributed by atoms with van der Waals surface area (Å²) in [5, 5.41) is 0. The maximum Gasteiger partial charge on any atom is 0.306 e. The van der Waals surface area contributed by atoms with Crippen LogP contribution in [0.25, 0.3) is 11.3 Å². The van der Waals surface area contributed by atoms with Crippen LogP contribution in [0, 0.1) is 0 Å². The number of aromatic nitrogens is 2. The Balaban J connectivity index is 1.48. The molecule has 0 saturated carbocycles. The number of nitrogens with one attached hydrogen (secondary N) is 1. The van der Waals surface area contributed by atoms with Crippen molar-refractivity contribution in [2.24, 2.45) is 0 Å². The molecule has 5 rings (SSSR count). The van der Waals surface area contributed by atoms with Crippen LogP contribution in [-0.2, 0) is 23.8 Å². The molecule has 0 bridgehead atoms. The molecule has 2 aliphatic heterocycles. The van der Waals surface area contributed by atoms with Gasteiger partial charge < -0.3 is 24.1 Å². The molecule has 2 saturated heterocycles. The number of imidazole rings is 1. The molecule has 35 heavy (non-hydrogen) atoms. The summed E-state index contributed by atoms with van der Waals surface area (Å²) in [5.41, 5.74) is 2.59. The lowest BCUT2D eigenvalue weighted by molar-refractivity contribution is -0.154. The van der Waals surface area contributed by atoms with Gasteiger partial charge in [0.2, 0.25) is 5.91 Å². The second-order valence-corrected chi connectivity index (χ2v) is 9.64. The lowest BCUT2D eigenvalue weighted by Gasteiger charge is -2.28. The summed E-state index contributed by atoms with van der Waals surface area (Å²) >= 11 is 3.46. The number of ether oxygens (including phenoxy) is 3. The number of benzene rings is 2. The van der Waals surface area contributed by atoms with Gasteiger partial charge in [-0.05, 0) is 23.3 Å². The molecule has 1 spiro atoms. The van der Waals surface area contributed by atoms with Crippen molar-refractivity contribution in [1.29, 1.82) is 0 Å². The number of nitrogens with zero attached hydrogens (tertiary/aromatic N) is 2. The Kier molecular flexibility index (Phi) is 6.73. The lowest BCUT2D eigenvalue weighted by Crippen LogP contribution is -2.40. The zero-order valence-electron chi connectivity index (χ0n) is 19.3. The minimum Gasteiger partial charge on any atom is -0.469 e. The van der Waals surface area contributed by atoms with Gasteiger partial charge in [0.1, 0.15) is 5.82 Å². The first-order valence-corrected chi connectivity index (χ1v) is 12.3. The first-order valence-electron chi connectivity index (χ1n) is 11.5. The standard InChI is InChI=1S/C26H26BrN3O5/c1-33-23(31)13-20(17-5-3-2-4-6-17)25(32)30-16-26(34-11-12-35-26)14-22(30)24-28-15-21(29-24)18-7-9-19(27)10-8-18/h2-10,15,20,22H,11-14,16H2,1H3,(H,28,29)/t20-,22+/m1/s1. The van der Waals surface area contributed by atoms with E-state index < -0.39 is 23.7 Å². The Hall–Kier alpha value is -3.01. The van der Waals surface area contributed by atoms with Crippen LogP contribution < -0.4 is 0 Å². The highest BCUT2D eigenvalue weighted by Gasteiger charge is 2.52. The number of hydrogen-bond donors (Lipinski definition) is 1. The number of likely N-dealkylation sites (tertiary alicyclic amines) is 1. The van der Waals surface area contributed by atoms with E-state index in [1.165, 1.54) is 7.11 Å². The van der Waals surface area contributed by atoms with Crippen molar-refractivity contribution in [2.45, 2.75) is 30.6 Å². The summed E-state index contributed by atoms with van der Waals surface area (Å²) in [4.78, 5) is 36.0. The van der Waals surface area contributed by atoms with Crippen molar-refractivity contribution < 1.29 is 23.8 Å². The molecule has 2 atom stereocenters. The van der Waals surface area contributed by atoms with Crippen molar-refractivity contribution in [3.63, 3.8) is 0 Å². The smallest absolute Gasteiger partial charge is 0.306 e. The molecule has 2 fully saturated rings. The fourth-order valence-corrected chi connectivity index (χ4v) is 5.05. The summed E-state index contributed by atoms with van der Waals surface area (Å²) in [5.74, 6) is -1.55. The van der Waals surface area contributed by atoms with Gasteiger partial charge in [0.25, 0.3) is 0 Å². The Bertz CT molecular complexity index is 1190. The van der Waals surface area contributed by atoms with E-state index in [2.05, 4.69) is 25.9 Å². The third-order valence-corrected chi connectivity index (χ3v) is 7.08. The first kappa shape index (κ1) is 23.7. The molecule has 0 radical (unpaired) electrons. The van der Waals surface area contributed by atoms with Crippen LogP contribution in [0.5, 0.6) is 0 Å². The first-order chi connectivity index (χ1) is 17.0. The number of halogens is 1. The zero-order valence-corrected chi connectivity index (χ0v) is 20.9. The Morgan fingerprint density at radius 2 is 1.89 bits per heavy atom. The maximum atomic E-state index is 14.0. The number of carbonyl (C=O) groups is 2. The molecule has 0 unspecified atom stereocenters. The predicted molar refractivity (Wildman–Crippen MR) is 131 cm³/mol. The fourth-order valence-electron chi connectivity index (χ4n) is 4.79. The number of H-pyrrole nitrogens is 1. The van der Waals surface area contributed by atoms with E-state index in [0.717, 1.165) is 21.3 Å². The summed E-state index contributed by atoms with van der Waals surface area (Å²) in [6, 6.07) is 16.8. The molecule has 1 N–H and O–H groups in total. The minimum atomic E-state index is -0.878. The summed E-state index contributed by atoms with van der Waals surface area (Å²) in [6.45, 7) is 1.21. The van der Waals surface area contributed by atoms with Gasteiger partial charge in [-0.3, -0.25) is 9.59 Å². The highest BCUT2D eigenvalue weighted by molar-refractivity contribution is 9.10. The number of methoxy groups -OCH3 is 1. The van der Waals surface area contributed by atoms with E-state index in [-0.39, 0.29) is 18.9 Å². The average Bonchev–Trinajstić information content (AvgIpc) is 3.63. The summed E-state index contributed by atoms with van der Waals surface area (Å²) in [7, 11) is 1.33. The lowest BCUT2D eigenvalue weighted by atomic mass is 9.94. The van der Waals surface area contributed by atoms with Gasteiger partial charge in [0.05, 0.1) is 57.1 Å². The van der Waals surface area contributed by atoms with Crippen LogP contribution in [0.2, 0.25) is 0 Å². The van der Waals surface area contributed by atoms with E-state index in [0.29, 0.717) is 25.5 Å². The molecule has 2 aliphatic rings. The second-order valence-electron chi connectivity index (χ2n) is 8.73. The minimum absolute atomic E-state index is 0.0560. The summed E-state index contributed by atoms with van der Waals surface area (Å²) < 4.78 is 17.8. The van der Waals surface area contributed by atoms with Crippen LogP contribution in [0.3, 0.4) is 0 Å². The zero-order chi connectivity index (χ0) is 24.4. The SMILES string of the molecule is COC(=O)C[C@@H](C(=O)N1CC2(C[C@H]1c1ncc(-c3ccc(Br)cc3)[nH]1)OCCO2)c1ccccc1. The van der Waals surface area contributed by atoms with E-state index >= 15 is 0 Å². The number of rotatable bonds is 6. The maximum absolute atomic E-state index is 14.0. The fraction of sp³-hybridized carbons (Fsp3) is 0.346. The Morgan fingerprint density at radius 1 is 1.17 bits per heavy atom. The van der Waals surface area contributed by atoms with Gasteiger partial charge in [0, 0.05) is 10.9 Å². The van der Waals surface area contributed by atoms with Crippen LogP contribution in [0.15, 0.2) is 65.3 Å². The van der Waals surface area contributed by atoms with E-state index in [9.17, 15) is 9.59 Å². The molecule has 1 amide bonds. The molecular formula is C26H26BrN3O5. The van der Waals surface area contributed by atoms with Crippen LogP contribution in [0.4, 0.5) is 0 Å². The van der Waals surface area contributed by atoms with Crippen LogP contribution >= 0.6 is 15.9 Å². The van der Waals surface area contributed by atoms with Crippen LogP contribution in [-0.4, -0.2) is 59.4 Å². The second kappa shape index (κ2) is 9.93. The topological polar surface area (TPSA) is 93.8 Å². The number of aromatic amines is 1. The Labute approximate surface area is 211 Å². The van der Waals surface area contributed by atoms with E-state index in [4.69, 9.17) is 14.2 Å². The van der Waals surface area contributed by atoms with Crippen molar-refractivity contribution in [2.75, 3.05) is 26.9 Å². The average molecular weight is 540 g/mol. The molecule has 0 aliphatic carbocycles. The number of hydrogen-bond acceptors (Lipinski definition) is 6. The molecule has 3 heterocycles. The third kappa shape index (κ3) is 4.89. The van der Waals surface area contributed by atoms with Gasteiger partial charge >= 0.3 is 5.97 Å². The van der Waals surface area contributed by atoms with Crippen molar-refractivity contribution in [3.05, 3.63) is 76.7 Å². The summed E-state index contributed by atoms with van der Waals surface area (Å²) in [6.07, 6.45) is 2.16. The van der Waals surface area contributed by atoms with Crippen molar-refractivity contribution in [1.82, 2.24) is 14.9 Å². The highest BCUT2D eigenvalue weighted by atomic mass is 79.9.